The highest BCUT2D eigenvalue weighted by molar-refractivity contribution is 5.82. The van der Waals surface area contributed by atoms with E-state index in [1.807, 2.05) is 0 Å². The number of nitrogens with two attached hydrogens (primary N) is 1. The molecule has 2 N–H and O–H groups in total. The monoisotopic (exact) mass is 209 g/mol. The quantitative estimate of drug-likeness (QED) is 0.555. The number of aliphatic imine (C=N–C) groups is 1. The molecule has 2 atom stereocenters. The Morgan fingerprint density at radius 1 is 1.33 bits per heavy atom. The Hall–Kier alpha value is -0.570. The van der Waals surface area contributed by atoms with Gasteiger partial charge in [0.25, 0.3) is 0 Å². The molecule has 0 aromatic rings. The van der Waals surface area contributed by atoms with E-state index in [4.69, 9.17) is 5.73 Å². The van der Waals surface area contributed by atoms with Crippen molar-refractivity contribution in [2.45, 2.75) is 51.6 Å². The summed E-state index contributed by atoms with van der Waals surface area (Å²) in [6, 6.07) is 1.29. The van der Waals surface area contributed by atoms with Gasteiger partial charge in [-0.1, -0.05) is 13.8 Å². The average Bonchev–Trinajstić information content (AvgIpc) is 2.64. The summed E-state index contributed by atoms with van der Waals surface area (Å²) >= 11 is 0. The van der Waals surface area contributed by atoms with Crippen LogP contribution in [0.15, 0.2) is 4.99 Å². The van der Waals surface area contributed by atoms with E-state index in [9.17, 15) is 0 Å². The van der Waals surface area contributed by atoms with Crippen molar-refractivity contribution in [2.75, 3.05) is 13.1 Å². The lowest BCUT2D eigenvalue weighted by molar-refractivity contribution is 0.182. The van der Waals surface area contributed by atoms with Crippen molar-refractivity contribution < 1.29 is 0 Å². The molecule has 86 valence electrons. The maximum atomic E-state index is 5.92. The number of fused-ring (bicyclic) bond motifs is 1. The fourth-order valence-electron chi connectivity index (χ4n) is 2.68. The summed E-state index contributed by atoms with van der Waals surface area (Å²) in [6.07, 6.45) is 5.17. The highest BCUT2D eigenvalue weighted by Gasteiger charge is 2.31. The Morgan fingerprint density at radius 3 is 2.87 bits per heavy atom. The molecule has 2 aliphatic heterocycles. The lowest BCUT2D eigenvalue weighted by atomic mass is 9.98. The Labute approximate surface area is 92.7 Å². The van der Waals surface area contributed by atoms with Gasteiger partial charge >= 0.3 is 0 Å². The van der Waals surface area contributed by atoms with Crippen molar-refractivity contribution >= 4 is 5.84 Å². The number of amidine groups is 1. The number of rotatable bonds is 2. The Bertz CT molecular complexity index is 247. The Kier molecular flexibility index (Phi) is 3.29. The van der Waals surface area contributed by atoms with E-state index >= 15 is 0 Å². The van der Waals surface area contributed by atoms with Gasteiger partial charge in [0, 0.05) is 18.5 Å². The second kappa shape index (κ2) is 4.52. The van der Waals surface area contributed by atoms with Crippen molar-refractivity contribution in [3.8, 4) is 0 Å². The molecule has 0 aromatic carbocycles. The van der Waals surface area contributed by atoms with Crippen molar-refractivity contribution in [3.63, 3.8) is 0 Å². The average molecular weight is 209 g/mol. The molecule has 2 fully saturated rings. The highest BCUT2D eigenvalue weighted by Crippen LogP contribution is 2.28. The molecule has 2 rings (SSSR count). The van der Waals surface area contributed by atoms with E-state index in [0.717, 1.165) is 11.9 Å². The van der Waals surface area contributed by atoms with E-state index in [1.54, 1.807) is 0 Å². The molecule has 2 unspecified atom stereocenters. The van der Waals surface area contributed by atoms with E-state index < -0.39 is 0 Å². The van der Waals surface area contributed by atoms with Gasteiger partial charge in [0.1, 0.15) is 0 Å². The van der Waals surface area contributed by atoms with Gasteiger partial charge in [0.05, 0.1) is 11.9 Å². The lowest BCUT2D eigenvalue weighted by Crippen LogP contribution is -2.40. The van der Waals surface area contributed by atoms with Gasteiger partial charge in [-0.3, -0.25) is 4.99 Å². The first-order valence-corrected chi connectivity index (χ1v) is 6.24. The molecule has 2 heterocycles. The predicted octanol–water partition coefficient (Wildman–Crippen LogP) is 1.63. The van der Waals surface area contributed by atoms with Crippen LogP contribution in [0.3, 0.4) is 0 Å². The summed E-state index contributed by atoms with van der Waals surface area (Å²) in [5, 5.41) is 0. The van der Waals surface area contributed by atoms with Gasteiger partial charge in [-0.05, 0) is 32.2 Å². The van der Waals surface area contributed by atoms with Crippen LogP contribution in [0.25, 0.3) is 0 Å². The third kappa shape index (κ3) is 2.51. The fourth-order valence-corrected chi connectivity index (χ4v) is 2.68. The second-order valence-electron chi connectivity index (χ2n) is 5.22. The zero-order valence-electron chi connectivity index (χ0n) is 9.95. The molecule has 0 aliphatic carbocycles. The van der Waals surface area contributed by atoms with E-state index in [2.05, 4.69) is 23.7 Å². The molecule has 0 bridgehead atoms. The third-order valence-corrected chi connectivity index (χ3v) is 3.72. The maximum absolute atomic E-state index is 5.92. The van der Waals surface area contributed by atoms with Crippen LogP contribution >= 0.6 is 0 Å². The molecular formula is C12H23N3. The van der Waals surface area contributed by atoms with Gasteiger partial charge in [0.15, 0.2) is 0 Å². The number of piperidine rings is 1. The largest absolute Gasteiger partial charge is 0.387 e. The first-order chi connectivity index (χ1) is 7.16. The van der Waals surface area contributed by atoms with E-state index in [1.165, 1.54) is 38.8 Å². The summed E-state index contributed by atoms with van der Waals surface area (Å²) in [5.41, 5.74) is 5.92. The minimum atomic E-state index is 0.395. The molecule has 2 aliphatic rings. The minimum Gasteiger partial charge on any atom is -0.387 e. The van der Waals surface area contributed by atoms with Gasteiger partial charge in [-0.15, -0.1) is 0 Å². The molecule has 0 aromatic heterocycles. The van der Waals surface area contributed by atoms with E-state index in [0.29, 0.717) is 12.0 Å². The van der Waals surface area contributed by atoms with Crippen LogP contribution in [-0.2, 0) is 0 Å². The second-order valence-corrected chi connectivity index (χ2v) is 5.22. The summed E-state index contributed by atoms with van der Waals surface area (Å²) < 4.78 is 0. The topological polar surface area (TPSA) is 41.6 Å². The van der Waals surface area contributed by atoms with Crippen molar-refractivity contribution in [1.82, 2.24) is 4.90 Å². The first-order valence-electron chi connectivity index (χ1n) is 6.24. The molecule has 15 heavy (non-hydrogen) atoms. The normalized spacial score (nSPS) is 33.4. The van der Waals surface area contributed by atoms with Gasteiger partial charge < -0.3 is 10.6 Å². The molecule has 3 nitrogen and oxygen atoms in total. The minimum absolute atomic E-state index is 0.395. The van der Waals surface area contributed by atoms with Crippen LogP contribution in [0.5, 0.6) is 0 Å². The Balaban J connectivity index is 1.93. The summed E-state index contributed by atoms with van der Waals surface area (Å²) in [4.78, 5) is 7.29. The fraction of sp³-hybridized carbons (Fsp3) is 0.917. The predicted molar refractivity (Wildman–Crippen MR) is 64.1 cm³/mol. The van der Waals surface area contributed by atoms with E-state index in [-0.39, 0.29) is 0 Å². The van der Waals surface area contributed by atoms with Crippen LogP contribution in [0, 0.1) is 5.92 Å². The van der Waals surface area contributed by atoms with Crippen LogP contribution in [0.4, 0.5) is 0 Å². The summed E-state index contributed by atoms with van der Waals surface area (Å²) in [7, 11) is 0. The molecule has 2 saturated heterocycles. The van der Waals surface area contributed by atoms with Crippen LogP contribution in [0.2, 0.25) is 0 Å². The standard InChI is InChI=1S/C12H23N3/c1-9(2)12(13)14-10-5-7-15-6-3-4-11(15)8-10/h9-11H,3-8H2,1-2H3,(H2,13,14). The molecule has 0 saturated carbocycles. The summed E-state index contributed by atoms with van der Waals surface area (Å²) in [6.45, 7) is 6.76. The molecule has 0 radical (unpaired) electrons. The smallest absolute Gasteiger partial charge is 0.0966 e. The van der Waals surface area contributed by atoms with Gasteiger partial charge in [0.2, 0.25) is 0 Å². The zero-order chi connectivity index (χ0) is 10.8. The van der Waals surface area contributed by atoms with Gasteiger partial charge in [-0.2, -0.15) is 0 Å². The third-order valence-electron chi connectivity index (χ3n) is 3.72. The highest BCUT2D eigenvalue weighted by atomic mass is 15.2. The SMILES string of the molecule is CC(C)C(N)=NC1CCN2CCCC2C1. The van der Waals surface area contributed by atoms with Crippen LogP contribution in [0.1, 0.15) is 39.5 Å². The van der Waals surface area contributed by atoms with Crippen molar-refractivity contribution in [3.05, 3.63) is 0 Å². The Morgan fingerprint density at radius 2 is 2.13 bits per heavy atom. The van der Waals surface area contributed by atoms with Gasteiger partial charge in [-0.25, -0.2) is 0 Å². The van der Waals surface area contributed by atoms with Crippen LogP contribution in [-0.4, -0.2) is 35.9 Å². The first kappa shape index (κ1) is 10.9. The molecule has 0 spiro atoms. The number of hydrogen-bond acceptors (Lipinski definition) is 2. The molecular weight excluding hydrogens is 186 g/mol. The zero-order valence-corrected chi connectivity index (χ0v) is 9.95. The molecule has 0 amide bonds. The lowest BCUT2D eigenvalue weighted by Gasteiger charge is -2.33. The summed E-state index contributed by atoms with van der Waals surface area (Å²) in [5.74, 6) is 1.23. The number of nitrogens with zero attached hydrogens (tertiary/aromatic N) is 2. The maximum Gasteiger partial charge on any atom is 0.0966 e. The van der Waals surface area contributed by atoms with Crippen molar-refractivity contribution in [1.29, 1.82) is 0 Å². The number of hydrogen-bond donors (Lipinski definition) is 1. The van der Waals surface area contributed by atoms with Crippen molar-refractivity contribution in [2.24, 2.45) is 16.6 Å². The van der Waals surface area contributed by atoms with Crippen LogP contribution < -0.4 is 5.73 Å². The molecule has 3 heteroatoms.